The molecule has 0 radical (unpaired) electrons. The van der Waals surface area contributed by atoms with Crippen LogP contribution >= 0.6 is 11.6 Å². The van der Waals surface area contributed by atoms with Crippen LogP contribution in [-0.2, 0) is 11.2 Å². The van der Waals surface area contributed by atoms with E-state index in [4.69, 9.17) is 16.7 Å². The zero-order chi connectivity index (χ0) is 14.0. The van der Waals surface area contributed by atoms with Crippen LogP contribution in [0.3, 0.4) is 0 Å². The van der Waals surface area contributed by atoms with Gasteiger partial charge in [-0.25, -0.2) is 9.97 Å². The fourth-order valence-corrected chi connectivity index (χ4v) is 2.48. The number of aliphatic carboxylic acids is 1. The van der Waals surface area contributed by atoms with Crippen molar-refractivity contribution < 1.29 is 15.0 Å². The quantitative estimate of drug-likeness (QED) is 0.725. The average molecular weight is 286 g/mol. The van der Waals surface area contributed by atoms with Crippen molar-refractivity contribution in [3.63, 3.8) is 0 Å². The number of rotatable bonds is 4. The summed E-state index contributed by atoms with van der Waals surface area (Å²) in [6, 6.07) is -0.161. The van der Waals surface area contributed by atoms with E-state index in [9.17, 15) is 9.90 Å². The number of carboxylic acids is 1. The molecule has 3 N–H and O–H groups in total. The fourth-order valence-electron chi connectivity index (χ4n) is 2.34. The first-order valence-electron chi connectivity index (χ1n) is 6.10. The van der Waals surface area contributed by atoms with Crippen LogP contribution in [0, 0.1) is 0 Å². The highest BCUT2D eigenvalue weighted by molar-refractivity contribution is 6.28. The first-order chi connectivity index (χ1) is 8.88. The van der Waals surface area contributed by atoms with Gasteiger partial charge in [0.05, 0.1) is 18.1 Å². The number of aliphatic hydroxyl groups is 1. The number of anilines is 1. The number of carbonyl (C=O) groups is 1. The Morgan fingerprint density at radius 2 is 2.42 bits per heavy atom. The van der Waals surface area contributed by atoms with Crippen molar-refractivity contribution in [2.24, 2.45) is 0 Å². The Morgan fingerprint density at radius 1 is 1.68 bits per heavy atom. The van der Waals surface area contributed by atoms with Crippen LogP contribution in [-0.4, -0.2) is 37.8 Å². The molecule has 1 saturated carbocycles. The summed E-state index contributed by atoms with van der Waals surface area (Å²) < 4.78 is 0. The van der Waals surface area contributed by atoms with Crippen LogP contribution in [0.1, 0.15) is 31.7 Å². The molecule has 1 aliphatic carbocycles. The molecule has 2 atom stereocenters. The SMILES string of the molecule is CC1(O)CCCC1Nc1nc(Cl)ncc1CC(=O)O. The maximum Gasteiger partial charge on any atom is 0.308 e. The van der Waals surface area contributed by atoms with E-state index in [0.29, 0.717) is 17.8 Å². The fraction of sp³-hybridized carbons (Fsp3) is 0.583. The summed E-state index contributed by atoms with van der Waals surface area (Å²) in [6.45, 7) is 1.76. The van der Waals surface area contributed by atoms with Crippen molar-refractivity contribution in [1.29, 1.82) is 0 Å². The topological polar surface area (TPSA) is 95.3 Å². The van der Waals surface area contributed by atoms with Crippen molar-refractivity contribution in [2.45, 2.75) is 44.2 Å². The molecule has 104 valence electrons. The van der Waals surface area contributed by atoms with Crippen LogP contribution in [0.15, 0.2) is 6.20 Å². The summed E-state index contributed by atoms with van der Waals surface area (Å²) in [5, 5.41) is 22.2. The Labute approximate surface area is 115 Å². The molecule has 1 fully saturated rings. The van der Waals surface area contributed by atoms with Crippen LogP contribution < -0.4 is 5.32 Å². The van der Waals surface area contributed by atoms with Crippen molar-refractivity contribution in [1.82, 2.24) is 9.97 Å². The van der Waals surface area contributed by atoms with Gasteiger partial charge in [-0.1, -0.05) is 0 Å². The summed E-state index contributed by atoms with van der Waals surface area (Å²) >= 11 is 5.74. The van der Waals surface area contributed by atoms with Gasteiger partial charge in [-0.3, -0.25) is 4.79 Å². The van der Waals surface area contributed by atoms with E-state index in [-0.39, 0.29) is 17.7 Å². The highest BCUT2D eigenvalue weighted by Gasteiger charge is 2.37. The van der Waals surface area contributed by atoms with Gasteiger partial charge in [0.25, 0.3) is 0 Å². The van der Waals surface area contributed by atoms with E-state index in [2.05, 4.69) is 15.3 Å². The number of hydrogen-bond donors (Lipinski definition) is 3. The van der Waals surface area contributed by atoms with Gasteiger partial charge in [-0.15, -0.1) is 0 Å². The van der Waals surface area contributed by atoms with Crippen LogP contribution in [0.2, 0.25) is 5.28 Å². The van der Waals surface area contributed by atoms with E-state index >= 15 is 0 Å². The number of halogens is 1. The third-order valence-corrected chi connectivity index (χ3v) is 3.60. The molecule has 2 rings (SSSR count). The minimum atomic E-state index is -0.966. The number of nitrogens with zero attached hydrogens (tertiary/aromatic N) is 2. The van der Waals surface area contributed by atoms with Crippen molar-refractivity contribution in [3.8, 4) is 0 Å². The second kappa shape index (κ2) is 5.30. The highest BCUT2D eigenvalue weighted by atomic mass is 35.5. The van der Waals surface area contributed by atoms with E-state index in [1.54, 1.807) is 6.92 Å². The second-order valence-corrected chi connectivity index (χ2v) is 5.37. The third kappa shape index (κ3) is 3.33. The molecule has 1 heterocycles. The van der Waals surface area contributed by atoms with Gasteiger partial charge in [0.15, 0.2) is 0 Å². The summed E-state index contributed by atoms with van der Waals surface area (Å²) in [7, 11) is 0. The van der Waals surface area contributed by atoms with Crippen LogP contribution in [0.25, 0.3) is 0 Å². The second-order valence-electron chi connectivity index (χ2n) is 5.03. The minimum absolute atomic E-state index is 0.0503. The minimum Gasteiger partial charge on any atom is -0.481 e. The summed E-state index contributed by atoms with van der Waals surface area (Å²) in [5.41, 5.74) is -0.364. The molecule has 1 aromatic heterocycles. The third-order valence-electron chi connectivity index (χ3n) is 3.41. The molecule has 0 aliphatic heterocycles. The van der Waals surface area contributed by atoms with E-state index in [0.717, 1.165) is 12.8 Å². The Hall–Kier alpha value is -1.40. The smallest absolute Gasteiger partial charge is 0.308 e. The monoisotopic (exact) mass is 285 g/mol. The van der Waals surface area contributed by atoms with E-state index in [1.165, 1.54) is 6.20 Å². The molecule has 7 heteroatoms. The molecule has 6 nitrogen and oxygen atoms in total. The predicted octanol–water partition coefficient (Wildman–Crippen LogP) is 1.47. The lowest BCUT2D eigenvalue weighted by Gasteiger charge is -2.27. The van der Waals surface area contributed by atoms with Crippen molar-refractivity contribution in [3.05, 3.63) is 17.0 Å². The number of aromatic nitrogens is 2. The first kappa shape index (κ1) is 14.0. The zero-order valence-electron chi connectivity index (χ0n) is 10.6. The van der Waals surface area contributed by atoms with Gasteiger partial charge in [0, 0.05) is 11.8 Å². The molecule has 1 aliphatic rings. The lowest BCUT2D eigenvalue weighted by atomic mass is 10.0. The average Bonchev–Trinajstić information content (AvgIpc) is 2.62. The number of nitrogens with one attached hydrogen (secondary N) is 1. The molecule has 1 aromatic rings. The van der Waals surface area contributed by atoms with Crippen LogP contribution in [0.5, 0.6) is 0 Å². The molecule has 19 heavy (non-hydrogen) atoms. The van der Waals surface area contributed by atoms with Gasteiger partial charge in [0.2, 0.25) is 5.28 Å². The molecule has 0 amide bonds. The standard InChI is InChI=1S/C12H16ClN3O3/c1-12(19)4-2-3-8(12)15-10-7(5-9(17)18)6-14-11(13)16-10/h6,8,19H,2-5H2,1H3,(H,17,18)(H,14,15,16). The Morgan fingerprint density at radius 3 is 3.00 bits per heavy atom. The summed E-state index contributed by atoms with van der Waals surface area (Å²) in [6.07, 6.45) is 3.64. The van der Waals surface area contributed by atoms with Gasteiger partial charge in [-0.05, 0) is 37.8 Å². The summed E-state index contributed by atoms with van der Waals surface area (Å²) in [4.78, 5) is 18.6. The lowest BCUT2D eigenvalue weighted by Crippen LogP contribution is -2.40. The Bertz CT molecular complexity index is 493. The molecule has 2 unspecified atom stereocenters. The first-order valence-corrected chi connectivity index (χ1v) is 6.48. The Balaban J connectivity index is 2.23. The molecular weight excluding hydrogens is 270 g/mol. The molecule has 0 aromatic carbocycles. The Kier molecular flexibility index (Phi) is 3.91. The molecule has 0 saturated heterocycles. The van der Waals surface area contributed by atoms with Gasteiger partial charge < -0.3 is 15.5 Å². The van der Waals surface area contributed by atoms with Gasteiger partial charge in [0.1, 0.15) is 5.82 Å². The maximum atomic E-state index is 10.8. The highest BCUT2D eigenvalue weighted by Crippen LogP contribution is 2.32. The molecular formula is C12H16ClN3O3. The summed E-state index contributed by atoms with van der Waals surface area (Å²) in [5.74, 6) is -0.582. The molecule has 0 spiro atoms. The largest absolute Gasteiger partial charge is 0.481 e. The maximum absolute atomic E-state index is 10.8. The van der Waals surface area contributed by atoms with Crippen LogP contribution in [0.4, 0.5) is 5.82 Å². The molecule has 0 bridgehead atoms. The number of carboxylic acid groups (broad SMARTS) is 1. The van der Waals surface area contributed by atoms with Gasteiger partial charge in [-0.2, -0.15) is 0 Å². The predicted molar refractivity (Wildman–Crippen MR) is 70.3 cm³/mol. The van der Waals surface area contributed by atoms with E-state index in [1.807, 2.05) is 0 Å². The lowest BCUT2D eigenvalue weighted by molar-refractivity contribution is -0.136. The normalized spacial score (nSPS) is 26.4. The van der Waals surface area contributed by atoms with Gasteiger partial charge >= 0.3 is 5.97 Å². The zero-order valence-corrected chi connectivity index (χ0v) is 11.3. The number of hydrogen-bond acceptors (Lipinski definition) is 5. The van der Waals surface area contributed by atoms with E-state index < -0.39 is 11.6 Å². The van der Waals surface area contributed by atoms with Crippen molar-refractivity contribution in [2.75, 3.05) is 5.32 Å². The van der Waals surface area contributed by atoms with Crippen molar-refractivity contribution >= 4 is 23.4 Å².